The van der Waals surface area contributed by atoms with Crippen LogP contribution >= 0.6 is 0 Å². The summed E-state index contributed by atoms with van der Waals surface area (Å²) >= 11 is 0. The molecule has 0 aromatic carbocycles. The molecule has 0 aliphatic heterocycles. The van der Waals surface area contributed by atoms with E-state index in [0.29, 0.717) is 21.7 Å². The topological polar surface area (TPSA) is 0 Å². The maximum atomic E-state index is 2.49. The van der Waals surface area contributed by atoms with E-state index >= 15 is 0 Å². The molecule has 30 heavy (non-hydrogen) atoms. The predicted octanol–water partition coefficient (Wildman–Crippen LogP) is 9.91. The van der Waals surface area contributed by atoms with Crippen molar-refractivity contribution in [2.24, 2.45) is 51.2 Å². The van der Waals surface area contributed by atoms with Gasteiger partial charge in [0.25, 0.3) is 0 Å². The third kappa shape index (κ3) is 5.31. The average molecular weight is 417 g/mol. The molecule has 3 saturated carbocycles. The Labute approximate surface area is 190 Å². The second-order valence-corrected chi connectivity index (χ2v) is 15.2. The molecule has 0 spiro atoms. The summed E-state index contributed by atoms with van der Waals surface area (Å²) in [5.74, 6) is 4.89. The third-order valence-electron chi connectivity index (χ3n) is 10.7. The fourth-order valence-electron chi connectivity index (χ4n) is 8.24. The summed E-state index contributed by atoms with van der Waals surface area (Å²) in [7, 11) is 0. The maximum Gasteiger partial charge on any atom is -0.0241 e. The third-order valence-corrected chi connectivity index (χ3v) is 10.7. The summed E-state index contributed by atoms with van der Waals surface area (Å²) in [5, 5.41) is 0. The van der Waals surface area contributed by atoms with Gasteiger partial charge in [-0.1, -0.05) is 62.3 Å². The van der Waals surface area contributed by atoms with Gasteiger partial charge in [0, 0.05) is 0 Å². The van der Waals surface area contributed by atoms with Gasteiger partial charge in [-0.25, -0.2) is 0 Å². The molecule has 176 valence electrons. The molecule has 0 radical (unpaired) electrons. The van der Waals surface area contributed by atoms with Crippen LogP contribution in [-0.2, 0) is 0 Å². The molecular formula is C30H56. The monoisotopic (exact) mass is 416 g/mol. The fraction of sp³-hybridized carbons (Fsp3) is 1.00. The summed E-state index contributed by atoms with van der Waals surface area (Å²) in [5.41, 5.74) is 2.20. The van der Waals surface area contributed by atoms with Gasteiger partial charge in [-0.3, -0.25) is 0 Å². The maximum absolute atomic E-state index is 2.49. The van der Waals surface area contributed by atoms with Crippen LogP contribution < -0.4 is 0 Å². The van der Waals surface area contributed by atoms with Gasteiger partial charge in [0.15, 0.2) is 0 Å². The van der Waals surface area contributed by atoms with Crippen LogP contribution in [0.2, 0.25) is 0 Å². The van der Waals surface area contributed by atoms with Crippen LogP contribution in [-0.4, -0.2) is 0 Å². The molecule has 3 fully saturated rings. The number of hydrogen-bond donors (Lipinski definition) is 0. The van der Waals surface area contributed by atoms with Crippen molar-refractivity contribution < 1.29 is 0 Å². The van der Waals surface area contributed by atoms with Crippen LogP contribution in [0, 0.1) is 51.2 Å². The summed E-state index contributed by atoms with van der Waals surface area (Å²) < 4.78 is 0. The van der Waals surface area contributed by atoms with Crippen LogP contribution in [0.25, 0.3) is 0 Å². The van der Waals surface area contributed by atoms with E-state index in [0.717, 1.165) is 29.6 Å². The van der Waals surface area contributed by atoms with Gasteiger partial charge >= 0.3 is 0 Å². The Morgan fingerprint density at radius 1 is 0.400 bits per heavy atom. The molecule has 0 heteroatoms. The molecule has 0 nitrogen and oxygen atoms in total. The Balaban J connectivity index is 1.74. The first-order valence-corrected chi connectivity index (χ1v) is 13.7. The van der Waals surface area contributed by atoms with Gasteiger partial charge in [0.2, 0.25) is 0 Å². The highest BCUT2D eigenvalue weighted by Crippen LogP contribution is 2.60. The molecule has 3 aliphatic rings. The van der Waals surface area contributed by atoms with Crippen LogP contribution in [0.15, 0.2) is 0 Å². The van der Waals surface area contributed by atoms with Crippen molar-refractivity contribution >= 4 is 0 Å². The minimum Gasteiger partial charge on any atom is -0.0599 e. The molecule has 0 heterocycles. The Bertz CT molecular complexity index is 488. The smallest absolute Gasteiger partial charge is 0.0241 e. The fourth-order valence-corrected chi connectivity index (χ4v) is 8.24. The standard InChI is InChI=1S/C30H56/c1-27(2,3)22-10-14-25(15-11-22)30(20-18-24(19-21-30)29(7,8)9)26-16-12-23(13-17-26)28(4,5)6/h22-26H,10-21H2,1-9H3. The second kappa shape index (κ2) is 8.74. The van der Waals surface area contributed by atoms with E-state index in [1.165, 1.54) is 64.2 Å². The van der Waals surface area contributed by atoms with Crippen LogP contribution in [0.4, 0.5) is 0 Å². The lowest BCUT2D eigenvalue weighted by molar-refractivity contribution is -0.0583. The van der Waals surface area contributed by atoms with E-state index in [9.17, 15) is 0 Å². The largest absolute Gasteiger partial charge is 0.0599 e. The van der Waals surface area contributed by atoms with Crippen molar-refractivity contribution in [3.8, 4) is 0 Å². The minimum atomic E-state index is 0.500. The zero-order valence-electron chi connectivity index (χ0n) is 22.4. The molecule has 0 atom stereocenters. The van der Waals surface area contributed by atoms with Gasteiger partial charge in [0.1, 0.15) is 0 Å². The highest BCUT2D eigenvalue weighted by molar-refractivity contribution is 5.00. The molecule has 3 rings (SSSR count). The predicted molar refractivity (Wildman–Crippen MR) is 134 cm³/mol. The highest BCUT2D eigenvalue weighted by atomic mass is 14.6. The number of rotatable bonds is 2. The van der Waals surface area contributed by atoms with Crippen LogP contribution in [0.5, 0.6) is 0 Å². The van der Waals surface area contributed by atoms with Crippen molar-refractivity contribution in [2.75, 3.05) is 0 Å². The zero-order chi connectivity index (χ0) is 22.4. The normalized spacial score (nSPS) is 39.7. The van der Waals surface area contributed by atoms with E-state index in [1.807, 2.05) is 0 Å². The lowest BCUT2D eigenvalue weighted by atomic mass is 9.49. The Kier molecular flexibility index (Phi) is 7.18. The summed E-state index contributed by atoms with van der Waals surface area (Å²) in [6.45, 7) is 22.4. The van der Waals surface area contributed by atoms with E-state index < -0.39 is 0 Å². The van der Waals surface area contributed by atoms with E-state index in [-0.39, 0.29) is 0 Å². The molecule has 0 saturated heterocycles. The first kappa shape index (κ1) is 24.6. The molecule has 0 unspecified atom stereocenters. The van der Waals surface area contributed by atoms with Gasteiger partial charge in [0.05, 0.1) is 0 Å². The highest BCUT2D eigenvalue weighted by Gasteiger charge is 2.50. The van der Waals surface area contributed by atoms with Crippen molar-refractivity contribution in [3.05, 3.63) is 0 Å². The number of hydrogen-bond acceptors (Lipinski definition) is 0. The van der Waals surface area contributed by atoms with Gasteiger partial charge in [-0.05, 0) is 128 Å². The Morgan fingerprint density at radius 3 is 0.933 bits per heavy atom. The first-order valence-electron chi connectivity index (χ1n) is 13.7. The molecule has 0 aromatic heterocycles. The summed E-state index contributed by atoms with van der Waals surface area (Å²) in [4.78, 5) is 0. The van der Waals surface area contributed by atoms with E-state index in [2.05, 4.69) is 62.3 Å². The Hall–Kier alpha value is 0. The van der Waals surface area contributed by atoms with Crippen molar-refractivity contribution in [1.82, 2.24) is 0 Å². The van der Waals surface area contributed by atoms with Crippen molar-refractivity contribution in [3.63, 3.8) is 0 Å². The van der Waals surface area contributed by atoms with E-state index in [4.69, 9.17) is 0 Å². The summed E-state index contributed by atoms with van der Waals surface area (Å²) in [6, 6.07) is 0. The minimum absolute atomic E-state index is 0.500. The molecular weight excluding hydrogens is 360 g/mol. The summed E-state index contributed by atoms with van der Waals surface area (Å²) in [6.07, 6.45) is 18.2. The molecule has 0 amide bonds. The van der Waals surface area contributed by atoms with Crippen molar-refractivity contribution in [2.45, 2.75) is 139 Å². The zero-order valence-corrected chi connectivity index (χ0v) is 22.4. The molecule has 3 aliphatic carbocycles. The molecule has 0 bridgehead atoms. The van der Waals surface area contributed by atoms with Gasteiger partial charge in [-0.2, -0.15) is 0 Å². The average Bonchev–Trinajstić information content (AvgIpc) is 2.66. The molecule has 0 N–H and O–H groups in total. The Morgan fingerprint density at radius 2 is 0.667 bits per heavy atom. The van der Waals surface area contributed by atoms with Crippen LogP contribution in [0.3, 0.4) is 0 Å². The first-order chi connectivity index (χ1) is 13.7. The second-order valence-electron chi connectivity index (χ2n) is 15.2. The quantitative estimate of drug-likeness (QED) is 0.420. The van der Waals surface area contributed by atoms with Crippen molar-refractivity contribution in [1.29, 1.82) is 0 Å². The SMILES string of the molecule is CC(C)(C)C1CCC(C2(C3CCC(C(C)(C)C)CC3)CCC(C(C)(C)C)CC2)CC1. The van der Waals surface area contributed by atoms with Gasteiger partial charge < -0.3 is 0 Å². The van der Waals surface area contributed by atoms with Gasteiger partial charge in [-0.15, -0.1) is 0 Å². The lowest BCUT2D eigenvalue weighted by Gasteiger charge is -2.56. The van der Waals surface area contributed by atoms with E-state index in [1.54, 1.807) is 12.8 Å². The molecule has 0 aromatic rings. The van der Waals surface area contributed by atoms with Crippen LogP contribution in [0.1, 0.15) is 139 Å². The lowest BCUT2D eigenvalue weighted by Crippen LogP contribution is -2.46.